The highest BCUT2D eigenvalue weighted by Gasteiger charge is 2.13. The summed E-state index contributed by atoms with van der Waals surface area (Å²) in [6, 6.07) is 7.49. The van der Waals surface area contributed by atoms with Gasteiger partial charge in [0.1, 0.15) is 11.6 Å². The fourth-order valence-corrected chi connectivity index (χ4v) is 2.22. The van der Waals surface area contributed by atoms with E-state index < -0.39 is 11.8 Å². The predicted octanol–water partition coefficient (Wildman–Crippen LogP) is 4.55. The number of carbonyl (C=O) groups is 1. The van der Waals surface area contributed by atoms with Crippen LogP contribution in [0.4, 0.5) is 15.9 Å². The van der Waals surface area contributed by atoms with Crippen molar-refractivity contribution in [2.24, 2.45) is 0 Å². The summed E-state index contributed by atoms with van der Waals surface area (Å²) in [5.74, 6) is -1.13. The third kappa shape index (κ3) is 3.58. The average Bonchev–Trinajstić information content (AvgIpc) is 2.42. The Kier molecular flexibility index (Phi) is 4.57. The number of nitrogens with one attached hydrogen (secondary N) is 1. The Morgan fingerprint density at radius 2 is 2.10 bits per heavy atom. The summed E-state index contributed by atoms with van der Waals surface area (Å²) < 4.78 is 14.4. The number of benzene rings is 1. The lowest BCUT2D eigenvalue weighted by Gasteiger charge is -2.12. The number of hydrogen-bond donors (Lipinski definition) is 2. The van der Waals surface area contributed by atoms with Crippen molar-refractivity contribution in [2.45, 2.75) is 19.8 Å². The van der Waals surface area contributed by atoms with E-state index in [9.17, 15) is 9.18 Å². The zero-order valence-electron chi connectivity index (χ0n) is 11.5. The lowest BCUT2D eigenvalue weighted by atomic mass is 10.1. The van der Waals surface area contributed by atoms with Crippen LogP contribution in [-0.2, 0) is 0 Å². The van der Waals surface area contributed by atoms with Gasteiger partial charge < -0.3 is 10.4 Å². The van der Waals surface area contributed by atoms with Crippen LogP contribution in [0.1, 0.15) is 35.8 Å². The maximum absolute atomic E-state index is 13.8. The summed E-state index contributed by atoms with van der Waals surface area (Å²) in [4.78, 5) is 15.5. The van der Waals surface area contributed by atoms with Crippen molar-refractivity contribution < 1.29 is 14.3 Å². The lowest BCUT2D eigenvalue weighted by molar-refractivity contribution is 0.0696. The molecule has 0 bridgehead atoms. The monoisotopic (exact) mass is 352 g/mol. The first-order chi connectivity index (χ1) is 9.88. The molecule has 0 saturated carbocycles. The predicted molar refractivity (Wildman–Crippen MR) is 82.7 cm³/mol. The van der Waals surface area contributed by atoms with Gasteiger partial charge in [-0.15, -0.1) is 0 Å². The molecule has 0 radical (unpaired) electrons. The Balaban J connectivity index is 2.46. The molecule has 1 aromatic heterocycles. The molecule has 0 spiro atoms. The molecule has 2 rings (SSSR count). The molecule has 0 saturated heterocycles. The minimum atomic E-state index is -1.05. The highest BCUT2D eigenvalue weighted by Crippen LogP contribution is 2.29. The molecule has 0 unspecified atom stereocenters. The van der Waals surface area contributed by atoms with Gasteiger partial charge in [-0.2, -0.15) is 0 Å². The summed E-state index contributed by atoms with van der Waals surface area (Å²) in [6.07, 6.45) is 0. The molecule has 0 aliphatic heterocycles. The fourth-order valence-electron chi connectivity index (χ4n) is 1.78. The summed E-state index contributed by atoms with van der Waals surface area (Å²) in [6.45, 7) is 3.83. The quantitative estimate of drug-likeness (QED) is 0.847. The normalized spacial score (nSPS) is 10.7. The standard InChI is InChI=1S/C15H14BrFN2O2/c1-8(2)12-6-9(15(20)21)7-13(18-12)19-14-10(16)4-3-5-11(14)17/h3-8H,1-2H3,(H,18,19)(H,20,21). The SMILES string of the molecule is CC(C)c1cc(C(=O)O)cc(Nc2c(F)cccc2Br)n1. The lowest BCUT2D eigenvalue weighted by Crippen LogP contribution is -2.05. The second-order valence-corrected chi connectivity index (χ2v) is 5.70. The number of nitrogens with zero attached hydrogens (tertiary/aromatic N) is 1. The number of aromatic carboxylic acids is 1. The van der Waals surface area contributed by atoms with Crippen LogP contribution in [0.3, 0.4) is 0 Å². The van der Waals surface area contributed by atoms with Crippen molar-refractivity contribution in [3.63, 3.8) is 0 Å². The van der Waals surface area contributed by atoms with Crippen molar-refractivity contribution in [1.29, 1.82) is 0 Å². The summed E-state index contributed by atoms with van der Waals surface area (Å²) in [7, 11) is 0. The number of para-hydroxylation sites is 1. The first-order valence-electron chi connectivity index (χ1n) is 6.35. The Morgan fingerprint density at radius 3 is 2.67 bits per heavy atom. The largest absolute Gasteiger partial charge is 0.478 e. The van der Waals surface area contributed by atoms with E-state index in [1.54, 1.807) is 12.1 Å². The molecule has 0 aliphatic rings. The Labute approximate surface area is 130 Å². The number of pyridine rings is 1. The number of hydrogen-bond acceptors (Lipinski definition) is 3. The summed E-state index contributed by atoms with van der Waals surface area (Å²) in [5.41, 5.74) is 0.968. The molecular formula is C15H14BrFN2O2. The molecule has 1 heterocycles. The molecule has 2 N–H and O–H groups in total. The van der Waals surface area contributed by atoms with Gasteiger partial charge in [0, 0.05) is 10.2 Å². The molecule has 0 atom stereocenters. The first-order valence-corrected chi connectivity index (χ1v) is 7.14. The van der Waals surface area contributed by atoms with Crippen LogP contribution in [0.15, 0.2) is 34.8 Å². The van der Waals surface area contributed by atoms with Gasteiger partial charge in [0.25, 0.3) is 0 Å². The van der Waals surface area contributed by atoms with Gasteiger partial charge >= 0.3 is 5.97 Å². The minimum Gasteiger partial charge on any atom is -0.478 e. The third-order valence-corrected chi connectivity index (χ3v) is 3.56. The molecule has 0 fully saturated rings. The first kappa shape index (κ1) is 15.4. The van der Waals surface area contributed by atoms with Crippen LogP contribution in [0, 0.1) is 5.82 Å². The average molecular weight is 353 g/mol. The van der Waals surface area contributed by atoms with Crippen molar-refractivity contribution in [3.05, 3.63) is 51.9 Å². The Hall–Kier alpha value is -1.95. The van der Waals surface area contributed by atoms with Gasteiger partial charge in [-0.25, -0.2) is 14.2 Å². The van der Waals surface area contributed by atoms with Crippen molar-refractivity contribution in [3.8, 4) is 0 Å². The zero-order valence-corrected chi connectivity index (χ0v) is 13.1. The number of carboxylic acids is 1. The molecule has 0 aliphatic carbocycles. The molecule has 0 amide bonds. The van der Waals surface area contributed by atoms with Crippen molar-refractivity contribution >= 4 is 33.4 Å². The highest BCUT2D eigenvalue weighted by atomic mass is 79.9. The Bertz CT molecular complexity index is 669. The van der Waals surface area contributed by atoms with Gasteiger partial charge in [-0.3, -0.25) is 0 Å². The van der Waals surface area contributed by atoms with E-state index in [0.29, 0.717) is 16.0 Å². The number of aromatic nitrogens is 1. The van der Waals surface area contributed by atoms with Crippen LogP contribution >= 0.6 is 15.9 Å². The van der Waals surface area contributed by atoms with E-state index in [4.69, 9.17) is 5.11 Å². The topological polar surface area (TPSA) is 62.2 Å². The van der Waals surface area contributed by atoms with E-state index in [-0.39, 0.29) is 17.2 Å². The van der Waals surface area contributed by atoms with Crippen LogP contribution in [0.25, 0.3) is 0 Å². The van der Waals surface area contributed by atoms with Crippen LogP contribution < -0.4 is 5.32 Å². The second-order valence-electron chi connectivity index (χ2n) is 4.85. The van der Waals surface area contributed by atoms with E-state index in [2.05, 4.69) is 26.2 Å². The summed E-state index contributed by atoms with van der Waals surface area (Å²) in [5, 5.41) is 12.0. The fraction of sp³-hybridized carbons (Fsp3) is 0.200. The smallest absolute Gasteiger partial charge is 0.335 e. The maximum atomic E-state index is 13.8. The molecule has 110 valence electrons. The van der Waals surface area contributed by atoms with Crippen LogP contribution in [-0.4, -0.2) is 16.1 Å². The zero-order chi connectivity index (χ0) is 15.6. The van der Waals surface area contributed by atoms with E-state index in [0.717, 1.165) is 0 Å². The van der Waals surface area contributed by atoms with E-state index in [1.807, 2.05) is 13.8 Å². The van der Waals surface area contributed by atoms with Crippen molar-refractivity contribution in [1.82, 2.24) is 4.98 Å². The van der Waals surface area contributed by atoms with Crippen molar-refractivity contribution in [2.75, 3.05) is 5.32 Å². The molecule has 21 heavy (non-hydrogen) atoms. The van der Waals surface area contributed by atoms with Gasteiger partial charge in [0.2, 0.25) is 0 Å². The summed E-state index contributed by atoms with van der Waals surface area (Å²) >= 11 is 3.25. The van der Waals surface area contributed by atoms with Crippen LogP contribution in [0.2, 0.25) is 0 Å². The van der Waals surface area contributed by atoms with Gasteiger partial charge in [0.05, 0.1) is 11.3 Å². The molecular weight excluding hydrogens is 339 g/mol. The number of anilines is 2. The minimum absolute atomic E-state index is 0.0638. The number of halogens is 2. The highest BCUT2D eigenvalue weighted by molar-refractivity contribution is 9.10. The molecule has 4 nitrogen and oxygen atoms in total. The molecule has 2 aromatic rings. The Morgan fingerprint density at radius 1 is 1.38 bits per heavy atom. The number of carboxylic acid groups (broad SMARTS) is 1. The van der Waals surface area contributed by atoms with Gasteiger partial charge in [0.15, 0.2) is 0 Å². The van der Waals surface area contributed by atoms with Gasteiger partial charge in [-0.05, 0) is 46.1 Å². The molecule has 6 heteroatoms. The maximum Gasteiger partial charge on any atom is 0.335 e. The second kappa shape index (κ2) is 6.22. The van der Waals surface area contributed by atoms with Crippen LogP contribution in [0.5, 0.6) is 0 Å². The van der Waals surface area contributed by atoms with E-state index in [1.165, 1.54) is 18.2 Å². The van der Waals surface area contributed by atoms with Gasteiger partial charge in [-0.1, -0.05) is 19.9 Å². The third-order valence-electron chi connectivity index (χ3n) is 2.90. The van der Waals surface area contributed by atoms with E-state index >= 15 is 0 Å². The number of rotatable bonds is 4. The molecule has 1 aromatic carbocycles.